The van der Waals surface area contributed by atoms with Gasteiger partial charge in [-0.1, -0.05) is 23.8 Å². The van der Waals surface area contributed by atoms with Crippen molar-refractivity contribution in [2.24, 2.45) is 0 Å². The molecule has 0 aliphatic heterocycles. The molecule has 0 amide bonds. The Morgan fingerprint density at radius 1 is 1.60 bits per heavy atom. The molecular formula is C11H12ClNO2. The zero-order chi connectivity index (χ0) is 11.4. The fourth-order valence-electron chi connectivity index (χ4n) is 1.11. The molecule has 0 bridgehead atoms. The smallest absolute Gasteiger partial charge is 0.258 e. The van der Waals surface area contributed by atoms with E-state index < -0.39 is 4.92 Å². The van der Waals surface area contributed by atoms with E-state index >= 15 is 0 Å². The van der Waals surface area contributed by atoms with Crippen molar-refractivity contribution < 1.29 is 4.92 Å². The molecular weight excluding hydrogens is 214 g/mol. The van der Waals surface area contributed by atoms with Crippen molar-refractivity contribution >= 4 is 23.4 Å². The third kappa shape index (κ3) is 3.36. The molecule has 0 heterocycles. The van der Waals surface area contributed by atoms with Gasteiger partial charge in [-0.3, -0.25) is 10.1 Å². The van der Waals surface area contributed by atoms with Crippen LogP contribution in [0, 0.1) is 10.1 Å². The van der Waals surface area contributed by atoms with E-state index in [-0.39, 0.29) is 11.1 Å². The van der Waals surface area contributed by atoms with E-state index in [0.717, 1.165) is 11.1 Å². The predicted molar refractivity (Wildman–Crippen MR) is 62.1 cm³/mol. The summed E-state index contributed by atoms with van der Waals surface area (Å²) < 4.78 is 0. The van der Waals surface area contributed by atoms with Crippen LogP contribution in [-0.2, 0) is 0 Å². The van der Waals surface area contributed by atoms with E-state index in [2.05, 4.69) is 0 Å². The summed E-state index contributed by atoms with van der Waals surface area (Å²) in [5, 5.41) is 10.5. The standard InChI is InChI=1S/C11H12ClNO2/c1-8(9(2)12)6-10-4-3-5-11(7-10)13(14)15/h3-7,9H,1-2H3/b8-6+. The molecule has 0 fully saturated rings. The number of benzene rings is 1. The Bertz CT molecular complexity index is 399. The number of nitrogens with zero attached hydrogens (tertiary/aromatic N) is 1. The topological polar surface area (TPSA) is 43.1 Å². The lowest BCUT2D eigenvalue weighted by atomic mass is 10.1. The second kappa shape index (κ2) is 4.94. The Morgan fingerprint density at radius 3 is 2.80 bits per heavy atom. The fraction of sp³-hybridized carbons (Fsp3) is 0.273. The quantitative estimate of drug-likeness (QED) is 0.448. The van der Waals surface area contributed by atoms with Gasteiger partial charge in [0.25, 0.3) is 5.69 Å². The van der Waals surface area contributed by atoms with Crippen molar-refractivity contribution in [2.75, 3.05) is 0 Å². The average molecular weight is 226 g/mol. The molecule has 0 N–H and O–H groups in total. The van der Waals surface area contributed by atoms with Crippen molar-refractivity contribution in [1.29, 1.82) is 0 Å². The molecule has 0 radical (unpaired) electrons. The normalized spacial score (nSPS) is 13.7. The Morgan fingerprint density at radius 2 is 2.27 bits per heavy atom. The van der Waals surface area contributed by atoms with Gasteiger partial charge in [0.2, 0.25) is 0 Å². The van der Waals surface area contributed by atoms with Crippen molar-refractivity contribution in [1.82, 2.24) is 0 Å². The minimum absolute atomic E-state index is 0.0655. The van der Waals surface area contributed by atoms with Crippen LogP contribution < -0.4 is 0 Å². The summed E-state index contributed by atoms with van der Waals surface area (Å²) in [4.78, 5) is 10.1. The first-order chi connectivity index (χ1) is 7.00. The minimum atomic E-state index is -0.406. The van der Waals surface area contributed by atoms with Crippen LogP contribution in [0.4, 0.5) is 5.69 Å². The molecule has 1 aromatic carbocycles. The minimum Gasteiger partial charge on any atom is -0.258 e. The highest BCUT2D eigenvalue weighted by molar-refractivity contribution is 6.22. The van der Waals surface area contributed by atoms with Gasteiger partial charge in [0.1, 0.15) is 0 Å². The molecule has 0 spiro atoms. The number of non-ortho nitro benzene ring substituents is 1. The first-order valence-electron chi connectivity index (χ1n) is 4.57. The van der Waals surface area contributed by atoms with Gasteiger partial charge in [0, 0.05) is 12.1 Å². The van der Waals surface area contributed by atoms with E-state index in [1.807, 2.05) is 26.0 Å². The van der Waals surface area contributed by atoms with Gasteiger partial charge in [-0.25, -0.2) is 0 Å². The van der Waals surface area contributed by atoms with E-state index in [4.69, 9.17) is 11.6 Å². The van der Waals surface area contributed by atoms with Crippen LogP contribution in [0.25, 0.3) is 6.08 Å². The van der Waals surface area contributed by atoms with Gasteiger partial charge in [0.15, 0.2) is 0 Å². The summed E-state index contributed by atoms with van der Waals surface area (Å²) >= 11 is 5.88. The predicted octanol–water partition coefficient (Wildman–Crippen LogP) is 3.63. The molecule has 0 saturated carbocycles. The first-order valence-corrected chi connectivity index (χ1v) is 5.01. The summed E-state index contributed by atoms with van der Waals surface area (Å²) in [6.45, 7) is 3.77. The highest BCUT2D eigenvalue weighted by Gasteiger charge is 2.05. The lowest BCUT2D eigenvalue weighted by molar-refractivity contribution is -0.384. The number of halogens is 1. The van der Waals surface area contributed by atoms with Gasteiger partial charge in [-0.15, -0.1) is 11.6 Å². The molecule has 80 valence electrons. The molecule has 0 aliphatic rings. The lowest BCUT2D eigenvalue weighted by Crippen LogP contribution is -1.92. The number of alkyl halides is 1. The lowest BCUT2D eigenvalue weighted by Gasteiger charge is -2.02. The molecule has 0 aliphatic carbocycles. The second-order valence-corrected chi connectivity index (χ2v) is 4.01. The Hall–Kier alpha value is -1.35. The van der Waals surface area contributed by atoms with E-state index in [1.165, 1.54) is 12.1 Å². The number of allylic oxidation sites excluding steroid dienone is 1. The van der Waals surface area contributed by atoms with Gasteiger partial charge in [-0.05, 0) is 19.4 Å². The zero-order valence-electron chi connectivity index (χ0n) is 8.61. The molecule has 1 aromatic rings. The molecule has 0 saturated heterocycles. The maximum absolute atomic E-state index is 10.5. The summed E-state index contributed by atoms with van der Waals surface area (Å²) in [5.41, 5.74) is 1.88. The van der Waals surface area contributed by atoms with Crippen LogP contribution >= 0.6 is 11.6 Å². The monoisotopic (exact) mass is 225 g/mol. The van der Waals surface area contributed by atoms with Gasteiger partial charge in [-0.2, -0.15) is 0 Å². The van der Waals surface area contributed by atoms with E-state index in [0.29, 0.717) is 0 Å². The highest BCUT2D eigenvalue weighted by atomic mass is 35.5. The first kappa shape index (κ1) is 11.7. The van der Waals surface area contributed by atoms with Gasteiger partial charge in [0.05, 0.1) is 10.3 Å². The fourth-order valence-corrected chi connectivity index (χ4v) is 1.17. The molecule has 4 heteroatoms. The third-order valence-corrected chi connectivity index (χ3v) is 2.45. The maximum atomic E-state index is 10.5. The van der Waals surface area contributed by atoms with Crippen LogP contribution in [0.1, 0.15) is 19.4 Å². The van der Waals surface area contributed by atoms with Crippen molar-refractivity contribution in [3.05, 3.63) is 45.5 Å². The summed E-state index contributed by atoms with van der Waals surface area (Å²) in [6.07, 6.45) is 1.85. The molecule has 1 unspecified atom stereocenters. The van der Waals surface area contributed by atoms with E-state index in [1.54, 1.807) is 6.07 Å². The molecule has 1 rings (SSSR count). The summed E-state index contributed by atoms with van der Waals surface area (Å²) in [6, 6.07) is 6.48. The van der Waals surface area contributed by atoms with Gasteiger partial charge < -0.3 is 0 Å². The largest absolute Gasteiger partial charge is 0.270 e. The Kier molecular flexibility index (Phi) is 3.86. The second-order valence-electron chi connectivity index (χ2n) is 3.36. The van der Waals surface area contributed by atoms with Crippen LogP contribution in [0.15, 0.2) is 29.8 Å². The number of hydrogen-bond donors (Lipinski definition) is 0. The molecule has 0 aromatic heterocycles. The van der Waals surface area contributed by atoms with Gasteiger partial charge >= 0.3 is 0 Å². The number of hydrogen-bond acceptors (Lipinski definition) is 2. The number of nitro benzene ring substituents is 1. The van der Waals surface area contributed by atoms with Crippen molar-refractivity contribution in [3.63, 3.8) is 0 Å². The Balaban J connectivity index is 3.01. The average Bonchev–Trinajstić information content (AvgIpc) is 2.18. The highest BCUT2D eigenvalue weighted by Crippen LogP contribution is 2.18. The van der Waals surface area contributed by atoms with Crippen molar-refractivity contribution in [2.45, 2.75) is 19.2 Å². The number of rotatable bonds is 3. The van der Waals surface area contributed by atoms with Crippen LogP contribution in [-0.4, -0.2) is 10.3 Å². The summed E-state index contributed by atoms with van der Waals surface area (Å²) in [7, 11) is 0. The maximum Gasteiger partial charge on any atom is 0.270 e. The van der Waals surface area contributed by atoms with Crippen LogP contribution in [0.5, 0.6) is 0 Å². The molecule has 1 atom stereocenters. The Labute approximate surface area is 93.5 Å². The zero-order valence-corrected chi connectivity index (χ0v) is 9.36. The van der Waals surface area contributed by atoms with E-state index in [9.17, 15) is 10.1 Å². The summed E-state index contributed by atoms with van der Waals surface area (Å²) in [5.74, 6) is 0. The SMILES string of the molecule is C/C(=C\c1cccc([N+](=O)[O-])c1)C(C)Cl. The van der Waals surface area contributed by atoms with Crippen molar-refractivity contribution in [3.8, 4) is 0 Å². The van der Waals surface area contributed by atoms with Crippen LogP contribution in [0.2, 0.25) is 0 Å². The third-order valence-electron chi connectivity index (χ3n) is 2.10. The number of nitro groups is 1. The molecule has 3 nitrogen and oxygen atoms in total. The molecule has 15 heavy (non-hydrogen) atoms. The van der Waals surface area contributed by atoms with Crippen LogP contribution in [0.3, 0.4) is 0 Å².